The molecular weight excluding hydrogens is 212 g/mol. The van der Waals surface area contributed by atoms with Crippen LogP contribution in [0.25, 0.3) is 0 Å². The molecule has 3 nitrogen and oxygen atoms in total. The van der Waals surface area contributed by atoms with Crippen molar-refractivity contribution in [1.82, 2.24) is 10.2 Å². The van der Waals surface area contributed by atoms with Crippen LogP contribution in [0.1, 0.15) is 46.0 Å². The number of amides is 1. The predicted molar refractivity (Wildman–Crippen MR) is 69.8 cm³/mol. The van der Waals surface area contributed by atoms with Crippen molar-refractivity contribution in [3.63, 3.8) is 0 Å². The number of fused-ring (bicyclic) bond motifs is 1. The van der Waals surface area contributed by atoms with E-state index in [1.54, 1.807) is 0 Å². The Morgan fingerprint density at radius 2 is 2.12 bits per heavy atom. The van der Waals surface area contributed by atoms with Crippen molar-refractivity contribution in [3.05, 3.63) is 0 Å². The average molecular weight is 238 g/mol. The molecule has 3 heteroatoms. The molecule has 0 aromatic carbocycles. The molecule has 0 aromatic heterocycles. The van der Waals surface area contributed by atoms with Crippen molar-refractivity contribution in [2.24, 2.45) is 11.8 Å². The van der Waals surface area contributed by atoms with Crippen LogP contribution < -0.4 is 5.32 Å². The molecule has 3 atom stereocenters. The molecule has 0 radical (unpaired) electrons. The zero-order valence-electron chi connectivity index (χ0n) is 11.2. The maximum absolute atomic E-state index is 12.2. The largest absolute Gasteiger partial charge is 0.339 e. The lowest BCUT2D eigenvalue weighted by Crippen LogP contribution is -2.37. The summed E-state index contributed by atoms with van der Waals surface area (Å²) < 4.78 is 0. The second kappa shape index (κ2) is 5.85. The smallest absolute Gasteiger partial charge is 0.222 e. The Hall–Kier alpha value is -0.570. The van der Waals surface area contributed by atoms with Gasteiger partial charge >= 0.3 is 0 Å². The summed E-state index contributed by atoms with van der Waals surface area (Å²) in [6.45, 7) is 7.63. The Bertz CT molecular complexity index is 267. The van der Waals surface area contributed by atoms with Gasteiger partial charge in [0.05, 0.1) is 0 Å². The van der Waals surface area contributed by atoms with Gasteiger partial charge in [-0.2, -0.15) is 0 Å². The molecule has 3 unspecified atom stereocenters. The Labute approximate surface area is 105 Å². The Kier molecular flexibility index (Phi) is 4.43. The molecule has 0 bridgehead atoms. The van der Waals surface area contributed by atoms with E-state index in [2.05, 4.69) is 24.1 Å². The van der Waals surface area contributed by atoms with Gasteiger partial charge in [0, 0.05) is 32.1 Å². The highest BCUT2D eigenvalue weighted by Crippen LogP contribution is 2.32. The fourth-order valence-corrected chi connectivity index (χ4v) is 3.34. The van der Waals surface area contributed by atoms with Crippen molar-refractivity contribution in [1.29, 1.82) is 0 Å². The minimum atomic E-state index is 0.392. The Morgan fingerprint density at radius 3 is 2.82 bits per heavy atom. The summed E-state index contributed by atoms with van der Waals surface area (Å²) in [6, 6.07) is 0.452. The Balaban J connectivity index is 1.76. The lowest BCUT2D eigenvalue weighted by molar-refractivity contribution is -0.132. The molecule has 0 aromatic rings. The van der Waals surface area contributed by atoms with E-state index in [1.807, 2.05) is 0 Å². The first-order valence-corrected chi connectivity index (χ1v) is 7.24. The molecular formula is C14H26N2O. The van der Waals surface area contributed by atoms with Crippen molar-refractivity contribution in [3.8, 4) is 0 Å². The lowest BCUT2D eigenvalue weighted by Gasteiger charge is -2.24. The summed E-state index contributed by atoms with van der Waals surface area (Å²) in [5, 5.41) is 3.44. The second-order valence-corrected chi connectivity index (χ2v) is 5.68. The van der Waals surface area contributed by atoms with Crippen molar-refractivity contribution in [2.75, 3.05) is 19.6 Å². The van der Waals surface area contributed by atoms with Gasteiger partial charge in [-0.25, -0.2) is 0 Å². The first-order chi connectivity index (χ1) is 8.24. The number of carbonyl (C=O) groups is 1. The van der Waals surface area contributed by atoms with Crippen LogP contribution >= 0.6 is 0 Å². The van der Waals surface area contributed by atoms with Gasteiger partial charge in [-0.05, 0) is 25.2 Å². The number of carbonyl (C=O) groups excluding carboxylic acids is 1. The van der Waals surface area contributed by atoms with Crippen LogP contribution in [-0.2, 0) is 4.79 Å². The number of rotatable bonds is 5. The van der Waals surface area contributed by atoms with E-state index in [0.29, 0.717) is 23.8 Å². The molecule has 2 heterocycles. The van der Waals surface area contributed by atoms with E-state index >= 15 is 0 Å². The molecule has 2 rings (SSSR count). The van der Waals surface area contributed by atoms with Crippen molar-refractivity contribution >= 4 is 5.91 Å². The maximum Gasteiger partial charge on any atom is 0.222 e. The summed E-state index contributed by atoms with van der Waals surface area (Å²) in [6.07, 6.45) is 5.54. The first-order valence-electron chi connectivity index (χ1n) is 7.24. The summed E-state index contributed by atoms with van der Waals surface area (Å²) in [5.41, 5.74) is 0. The third kappa shape index (κ3) is 2.82. The highest BCUT2D eigenvalue weighted by Gasteiger charge is 2.43. The SMILES string of the molecule is CCCCCCC(=O)N1CC2CNCC2C1C. The van der Waals surface area contributed by atoms with Crippen LogP contribution in [0, 0.1) is 11.8 Å². The quantitative estimate of drug-likeness (QED) is 0.743. The molecule has 1 amide bonds. The molecule has 98 valence electrons. The lowest BCUT2D eigenvalue weighted by atomic mass is 9.95. The highest BCUT2D eigenvalue weighted by molar-refractivity contribution is 5.76. The van der Waals surface area contributed by atoms with Crippen LogP contribution in [0.3, 0.4) is 0 Å². The van der Waals surface area contributed by atoms with E-state index in [0.717, 1.165) is 32.5 Å². The molecule has 0 aliphatic carbocycles. The maximum atomic E-state index is 12.2. The van der Waals surface area contributed by atoms with Gasteiger partial charge in [0.25, 0.3) is 0 Å². The van der Waals surface area contributed by atoms with Gasteiger partial charge in [0.2, 0.25) is 5.91 Å². The van der Waals surface area contributed by atoms with Crippen molar-refractivity contribution in [2.45, 2.75) is 52.0 Å². The molecule has 2 saturated heterocycles. The van der Waals surface area contributed by atoms with Crippen molar-refractivity contribution < 1.29 is 4.79 Å². The minimum absolute atomic E-state index is 0.392. The van der Waals surface area contributed by atoms with E-state index in [1.165, 1.54) is 19.3 Å². The average Bonchev–Trinajstić information content (AvgIpc) is 2.88. The third-order valence-corrected chi connectivity index (χ3v) is 4.50. The van der Waals surface area contributed by atoms with E-state index < -0.39 is 0 Å². The molecule has 2 aliphatic heterocycles. The zero-order chi connectivity index (χ0) is 12.3. The molecule has 17 heavy (non-hydrogen) atoms. The van der Waals surface area contributed by atoms with Crippen LogP contribution in [0.4, 0.5) is 0 Å². The van der Waals surface area contributed by atoms with Crippen LogP contribution in [0.2, 0.25) is 0 Å². The monoisotopic (exact) mass is 238 g/mol. The Morgan fingerprint density at radius 1 is 1.29 bits per heavy atom. The first kappa shape index (κ1) is 12.9. The van der Waals surface area contributed by atoms with Gasteiger partial charge in [-0.1, -0.05) is 26.2 Å². The van der Waals surface area contributed by atoms with Gasteiger partial charge in [0.15, 0.2) is 0 Å². The van der Waals surface area contributed by atoms with Crippen LogP contribution in [-0.4, -0.2) is 36.5 Å². The fourth-order valence-electron chi connectivity index (χ4n) is 3.34. The number of hydrogen-bond acceptors (Lipinski definition) is 2. The van der Waals surface area contributed by atoms with Gasteiger partial charge in [-0.15, -0.1) is 0 Å². The number of nitrogens with one attached hydrogen (secondary N) is 1. The van der Waals surface area contributed by atoms with E-state index in [-0.39, 0.29) is 0 Å². The molecule has 0 spiro atoms. The topological polar surface area (TPSA) is 32.3 Å². The summed E-state index contributed by atoms with van der Waals surface area (Å²) in [4.78, 5) is 14.3. The van der Waals surface area contributed by atoms with E-state index in [4.69, 9.17) is 0 Å². The third-order valence-electron chi connectivity index (χ3n) is 4.50. The summed E-state index contributed by atoms with van der Waals surface area (Å²) in [7, 11) is 0. The number of hydrogen-bond donors (Lipinski definition) is 1. The van der Waals surface area contributed by atoms with Gasteiger partial charge in [0.1, 0.15) is 0 Å². The number of likely N-dealkylation sites (tertiary alicyclic amines) is 1. The van der Waals surface area contributed by atoms with Gasteiger partial charge < -0.3 is 10.2 Å². The summed E-state index contributed by atoms with van der Waals surface area (Å²) >= 11 is 0. The number of nitrogens with zero attached hydrogens (tertiary/aromatic N) is 1. The highest BCUT2D eigenvalue weighted by atomic mass is 16.2. The van der Waals surface area contributed by atoms with Crippen LogP contribution in [0.15, 0.2) is 0 Å². The molecule has 0 saturated carbocycles. The normalized spacial score (nSPS) is 31.9. The predicted octanol–water partition coefficient (Wildman–Crippen LogP) is 2.02. The van der Waals surface area contributed by atoms with E-state index in [9.17, 15) is 4.79 Å². The standard InChI is InChI=1S/C14H26N2O/c1-3-4-5-6-7-14(17)16-10-12-8-15-9-13(12)11(16)2/h11-13,15H,3-10H2,1-2H3. The van der Waals surface area contributed by atoms with Crippen LogP contribution in [0.5, 0.6) is 0 Å². The molecule has 2 aliphatic rings. The zero-order valence-corrected chi connectivity index (χ0v) is 11.2. The second-order valence-electron chi connectivity index (χ2n) is 5.68. The summed E-state index contributed by atoms with van der Waals surface area (Å²) in [5.74, 6) is 1.81. The number of unbranched alkanes of at least 4 members (excludes halogenated alkanes) is 3. The minimum Gasteiger partial charge on any atom is -0.339 e. The molecule has 2 fully saturated rings. The van der Waals surface area contributed by atoms with Gasteiger partial charge in [-0.3, -0.25) is 4.79 Å². The molecule has 1 N–H and O–H groups in total. The fraction of sp³-hybridized carbons (Fsp3) is 0.929.